The van der Waals surface area contributed by atoms with Crippen LogP contribution < -0.4 is 0 Å². The van der Waals surface area contributed by atoms with E-state index in [2.05, 4.69) is 0 Å². The molecule has 4 heteroatoms. The first-order valence-corrected chi connectivity index (χ1v) is 2.49. The Bertz CT molecular complexity index is 106. The molecule has 0 unspecified atom stereocenters. The number of halogens is 2. The first-order chi connectivity index (χ1) is 3.92. The summed E-state index contributed by atoms with van der Waals surface area (Å²) >= 11 is 0. The van der Waals surface area contributed by atoms with E-state index >= 15 is 0 Å². The van der Waals surface area contributed by atoms with Crippen LogP contribution in [0.5, 0.6) is 0 Å². The van der Waals surface area contributed by atoms with E-state index in [0.717, 1.165) is 0 Å². The van der Waals surface area contributed by atoms with Crippen molar-refractivity contribution in [3.05, 3.63) is 0 Å². The maximum atomic E-state index is 11.8. The predicted octanol–water partition coefficient (Wildman–Crippen LogP) is 1.38. The van der Waals surface area contributed by atoms with Crippen LogP contribution in [0.2, 0.25) is 0 Å². The zero-order chi connectivity index (χ0) is 7.49. The highest BCUT2D eigenvalue weighted by molar-refractivity contribution is 5.66. The molecule has 0 amide bonds. The van der Waals surface area contributed by atoms with Crippen LogP contribution in [0.1, 0.15) is 19.8 Å². The molecule has 0 saturated heterocycles. The predicted molar refractivity (Wildman–Crippen MR) is 25.5 cm³/mol. The minimum Gasteiger partial charge on any atom is -0.247 e. The lowest BCUT2D eigenvalue weighted by Gasteiger charge is -2.05. The van der Waals surface area contributed by atoms with Crippen LogP contribution in [0.15, 0.2) is 0 Å². The second-order valence-electron chi connectivity index (χ2n) is 1.94. The Labute approximate surface area is 51.5 Å². The van der Waals surface area contributed by atoms with Crippen molar-refractivity contribution in [1.82, 2.24) is 0 Å². The molecule has 2 nitrogen and oxygen atoms in total. The molecule has 1 radical (unpaired) electrons. The van der Waals surface area contributed by atoms with Gasteiger partial charge in [-0.25, -0.2) is 18.7 Å². The summed E-state index contributed by atoms with van der Waals surface area (Å²) in [5, 5.41) is 9.60. The lowest BCUT2D eigenvalue weighted by Crippen LogP contribution is -2.11. The van der Waals surface area contributed by atoms with E-state index in [1.165, 1.54) is 0 Å². The van der Waals surface area contributed by atoms with Crippen LogP contribution in [-0.4, -0.2) is 11.9 Å². The van der Waals surface area contributed by atoms with Crippen LogP contribution >= 0.6 is 0 Å². The molecule has 0 spiro atoms. The molecule has 0 aliphatic heterocycles. The van der Waals surface area contributed by atoms with Gasteiger partial charge in [0.25, 0.3) is 0 Å². The van der Waals surface area contributed by atoms with Crippen LogP contribution in [0.3, 0.4) is 0 Å². The third-order valence-corrected chi connectivity index (χ3v) is 0.768. The van der Waals surface area contributed by atoms with Crippen molar-refractivity contribution in [1.29, 1.82) is 0 Å². The van der Waals surface area contributed by atoms with E-state index < -0.39 is 24.7 Å². The van der Waals surface area contributed by atoms with Crippen molar-refractivity contribution in [3.63, 3.8) is 0 Å². The summed E-state index contributed by atoms with van der Waals surface area (Å²) in [5.41, 5.74) is 0. The topological polar surface area (TPSA) is 37.0 Å². The number of carbonyl (C=O) groups excluding carboxylic acids is 1. The fraction of sp³-hybridized carbons (Fsp3) is 0.800. The van der Waals surface area contributed by atoms with Crippen LogP contribution in [0, 0.1) is 0 Å². The third kappa shape index (κ3) is 7.33. The molecule has 0 aromatic heterocycles. The summed E-state index contributed by atoms with van der Waals surface area (Å²) in [4.78, 5) is 9.60. The third-order valence-electron chi connectivity index (χ3n) is 0.768. The largest absolute Gasteiger partial charge is 0.355 e. The zero-order valence-corrected chi connectivity index (χ0v) is 4.99. The average Bonchev–Trinajstić information content (AvgIpc) is 1.59. The average molecular weight is 137 g/mol. The molecule has 0 fully saturated rings. The number of alkyl halides is 2. The summed E-state index contributed by atoms with van der Waals surface area (Å²) in [6.07, 6.45) is -1.22. The van der Waals surface area contributed by atoms with E-state index in [1.807, 2.05) is 0 Å². The Balaban J connectivity index is 3.39. The van der Waals surface area contributed by atoms with Crippen LogP contribution in [0.4, 0.5) is 8.78 Å². The fourth-order valence-electron chi connectivity index (χ4n) is 0.322. The minimum absolute atomic E-state index is 0.580. The number of carbonyl (C=O) groups is 1. The Morgan fingerprint density at radius 3 is 2.11 bits per heavy atom. The zero-order valence-electron chi connectivity index (χ0n) is 4.99. The summed E-state index contributed by atoms with van der Waals surface area (Å²) in [6.45, 7) is 0.677. The molecule has 0 saturated carbocycles. The standard InChI is InChI=1S/C5H7F2O2/c1-5(6,7)3-2-4(8)9/h2-3H2,1H3. The first kappa shape index (κ1) is 8.33. The summed E-state index contributed by atoms with van der Waals surface area (Å²) in [7, 11) is 0. The van der Waals surface area contributed by atoms with Crippen LogP contribution in [0.25, 0.3) is 0 Å². The fourth-order valence-corrected chi connectivity index (χ4v) is 0.322. The van der Waals surface area contributed by atoms with Crippen molar-refractivity contribution in [2.24, 2.45) is 0 Å². The van der Waals surface area contributed by atoms with Gasteiger partial charge in [-0.05, 0) is 6.92 Å². The van der Waals surface area contributed by atoms with Crippen LogP contribution in [-0.2, 0) is 9.90 Å². The highest BCUT2D eigenvalue weighted by atomic mass is 19.3. The Morgan fingerprint density at radius 2 is 2.00 bits per heavy atom. The molecule has 0 N–H and O–H groups in total. The van der Waals surface area contributed by atoms with Crippen molar-refractivity contribution in [2.75, 3.05) is 0 Å². The number of hydrogen-bond donors (Lipinski definition) is 0. The van der Waals surface area contributed by atoms with Crippen molar-refractivity contribution >= 4 is 5.97 Å². The molecule has 9 heavy (non-hydrogen) atoms. The van der Waals surface area contributed by atoms with E-state index in [0.29, 0.717) is 6.92 Å². The summed E-state index contributed by atoms with van der Waals surface area (Å²) in [5.74, 6) is -4.32. The highest BCUT2D eigenvalue weighted by Gasteiger charge is 2.22. The van der Waals surface area contributed by atoms with Gasteiger partial charge in [-0.3, -0.25) is 0 Å². The molecular weight excluding hydrogens is 130 g/mol. The molecular formula is C5H7F2O2. The maximum absolute atomic E-state index is 11.8. The van der Waals surface area contributed by atoms with Crippen molar-refractivity contribution < 1.29 is 18.7 Å². The van der Waals surface area contributed by atoms with E-state index in [1.54, 1.807) is 0 Å². The molecule has 0 aromatic rings. The first-order valence-electron chi connectivity index (χ1n) is 2.49. The molecule has 0 atom stereocenters. The number of rotatable bonds is 3. The molecule has 0 bridgehead atoms. The normalized spacial score (nSPS) is 11.4. The second-order valence-corrected chi connectivity index (χ2v) is 1.94. The van der Waals surface area contributed by atoms with Gasteiger partial charge < -0.3 is 0 Å². The summed E-state index contributed by atoms with van der Waals surface area (Å²) in [6, 6.07) is 0. The molecule has 53 valence electrons. The van der Waals surface area contributed by atoms with Gasteiger partial charge in [-0.2, -0.15) is 0 Å². The second kappa shape index (κ2) is 2.75. The van der Waals surface area contributed by atoms with Gasteiger partial charge in [0.2, 0.25) is 5.92 Å². The Hall–Kier alpha value is -0.670. The van der Waals surface area contributed by atoms with E-state index in [-0.39, 0.29) is 0 Å². The quantitative estimate of drug-likeness (QED) is 0.578. The molecule has 0 aromatic carbocycles. The Morgan fingerprint density at radius 1 is 1.56 bits per heavy atom. The van der Waals surface area contributed by atoms with Gasteiger partial charge in [-0.15, -0.1) is 0 Å². The van der Waals surface area contributed by atoms with Gasteiger partial charge in [-0.1, -0.05) is 0 Å². The molecule has 0 aliphatic rings. The van der Waals surface area contributed by atoms with Gasteiger partial charge in [0.1, 0.15) is 0 Å². The lowest BCUT2D eigenvalue weighted by atomic mass is 10.2. The minimum atomic E-state index is -2.89. The maximum Gasteiger partial charge on any atom is 0.355 e. The van der Waals surface area contributed by atoms with Gasteiger partial charge in [0.15, 0.2) is 0 Å². The summed E-state index contributed by atoms with van der Waals surface area (Å²) < 4.78 is 23.6. The molecule has 0 rings (SSSR count). The van der Waals surface area contributed by atoms with E-state index in [9.17, 15) is 18.7 Å². The number of hydrogen-bond acceptors (Lipinski definition) is 1. The van der Waals surface area contributed by atoms with Gasteiger partial charge >= 0.3 is 5.97 Å². The highest BCUT2D eigenvalue weighted by Crippen LogP contribution is 2.18. The van der Waals surface area contributed by atoms with Crippen molar-refractivity contribution in [2.45, 2.75) is 25.7 Å². The van der Waals surface area contributed by atoms with E-state index in [4.69, 9.17) is 0 Å². The van der Waals surface area contributed by atoms with Crippen molar-refractivity contribution in [3.8, 4) is 0 Å². The lowest BCUT2D eigenvalue weighted by molar-refractivity contribution is -0.145. The Kier molecular flexibility index (Phi) is 2.55. The molecule has 0 aliphatic carbocycles. The SMILES string of the molecule is CC(F)(F)CCC([O])=O. The molecule has 0 heterocycles. The monoisotopic (exact) mass is 137 g/mol. The smallest absolute Gasteiger partial charge is 0.247 e. The van der Waals surface area contributed by atoms with Gasteiger partial charge in [0.05, 0.1) is 6.42 Å². The van der Waals surface area contributed by atoms with Gasteiger partial charge in [0, 0.05) is 6.42 Å².